The Balaban J connectivity index is 0.000000207. The average molecular weight is 320 g/mol. The fourth-order valence-electron chi connectivity index (χ4n) is 3.38. The monoisotopic (exact) mass is 320 g/mol. The number of rotatable bonds is 3. The molecule has 1 aromatic heterocycles. The summed E-state index contributed by atoms with van der Waals surface area (Å²) in [5.74, 6) is -1.63. The predicted molar refractivity (Wildman–Crippen MR) is 86.2 cm³/mol. The van der Waals surface area contributed by atoms with Crippen molar-refractivity contribution >= 4 is 11.9 Å². The summed E-state index contributed by atoms with van der Waals surface area (Å²) in [5, 5.41) is 19.3. The van der Waals surface area contributed by atoms with Crippen molar-refractivity contribution in [1.82, 2.24) is 9.88 Å². The number of carboxylic acids is 2. The van der Waals surface area contributed by atoms with Crippen LogP contribution < -0.4 is 5.32 Å². The van der Waals surface area contributed by atoms with Gasteiger partial charge in [-0.25, -0.2) is 9.59 Å². The lowest BCUT2D eigenvalue weighted by molar-refractivity contribution is -0.134. The van der Waals surface area contributed by atoms with Crippen LogP contribution in [0.15, 0.2) is 30.5 Å². The molecule has 1 aliphatic carbocycles. The Morgan fingerprint density at radius 1 is 1.13 bits per heavy atom. The van der Waals surface area contributed by atoms with E-state index in [0.717, 1.165) is 19.0 Å². The van der Waals surface area contributed by atoms with E-state index >= 15 is 0 Å². The van der Waals surface area contributed by atoms with Crippen molar-refractivity contribution in [3.63, 3.8) is 0 Å². The lowest BCUT2D eigenvalue weighted by atomic mass is 9.82. The number of aliphatic carboxylic acids is 2. The summed E-state index contributed by atoms with van der Waals surface area (Å²) in [7, 11) is 0. The Morgan fingerprint density at radius 3 is 2.39 bits per heavy atom. The second-order valence-corrected chi connectivity index (χ2v) is 5.97. The van der Waals surface area contributed by atoms with Crippen molar-refractivity contribution in [1.29, 1.82) is 0 Å². The molecule has 2 aliphatic rings. The Hall–Kier alpha value is -2.08. The van der Waals surface area contributed by atoms with Crippen LogP contribution in [0.5, 0.6) is 0 Å². The zero-order chi connectivity index (χ0) is 16.7. The minimum absolute atomic E-state index is 0.558. The quantitative estimate of drug-likeness (QED) is 0.744. The lowest BCUT2D eigenvalue weighted by Gasteiger charge is -2.35. The summed E-state index contributed by atoms with van der Waals surface area (Å²) in [4.78, 5) is 19.1. The van der Waals surface area contributed by atoms with Crippen LogP contribution >= 0.6 is 0 Å². The summed E-state index contributed by atoms with van der Waals surface area (Å²) >= 11 is 0. The minimum atomic E-state index is -1.26. The Morgan fingerprint density at radius 2 is 1.78 bits per heavy atom. The minimum Gasteiger partial charge on any atom is -0.478 e. The first-order chi connectivity index (χ1) is 11.1. The first-order valence-electron chi connectivity index (χ1n) is 8.10. The maximum Gasteiger partial charge on any atom is 0.328 e. The molecule has 1 fully saturated rings. The largest absolute Gasteiger partial charge is 0.478 e. The molecule has 0 spiro atoms. The van der Waals surface area contributed by atoms with E-state index in [1.165, 1.54) is 37.8 Å². The number of carbonyl (C=O) groups is 2. The van der Waals surface area contributed by atoms with Crippen LogP contribution in [-0.4, -0.2) is 33.3 Å². The molecule has 126 valence electrons. The lowest BCUT2D eigenvalue weighted by Crippen LogP contribution is -2.37. The molecule has 0 aromatic carbocycles. The van der Waals surface area contributed by atoms with Gasteiger partial charge in [0.15, 0.2) is 0 Å². The first kappa shape index (κ1) is 17.3. The van der Waals surface area contributed by atoms with Gasteiger partial charge >= 0.3 is 11.9 Å². The normalized spacial score (nSPS) is 21.3. The standard InChI is InChI=1S/C13H20N2.C4H4O4/c1-2-5-11(6-3-1)13-12-7-4-9-15(12)10-8-14-13;5-3(6)1-2-4(7)8/h4,7,9,11,13-14H,1-3,5-6,8,10H2;1-2H,(H,5,6)(H,7,8)/b;2-1+. The van der Waals surface area contributed by atoms with Gasteiger partial charge in [-0.15, -0.1) is 0 Å². The van der Waals surface area contributed by atoms with E-state index in [0.29, 0.717) is 18.2 Å². The van der Waals surface area contributed by atoms with E-state index in [2.05, 4.69) is 28.2 Å². The topological polar surface area (TPSA) is 91.6 Å². The molecule has 0 saturated heterocycles. The highest BCUT2D eigenvalue weighted by atomic mass is 16.4. The maximum atomic E-state index is 9.55. The fourth-order valence-corrected chi connectivity index (χ4v) is 3.38. The van der Waals surface area contributed by atoms with E-state index in [4.69, 9.17) is 10.2 Å². The van der Waals surface area contributed by atoms with E-state index in [1.54, 1.807) is 0 Å². The number of hydrogen-bond acceptors (Lipinski definition) is 3. The fraction of sp³-hybridized carbons (Fsp3) is 0.529. The third kappa shape index (κ3) is 5.25. The van der Waals surface area contributed by atoms with Gasteiger partial charge in [0.1, 0.15) is 0 Å². The zero-order valence-corrected chi connectivity index (χ0v) is 13.1. The van der Waals surface area contributed by atoms with Gasteiger partial charge in [0.25, 0.3) is 0 Å². The van der Waals surface area contributed by atoms with Crippen molar-refractivity contribution < 1.29 is 19.8 Å². The van der Waals surface area contributed by atoms with Gasteiger partial charge in [-0.1, -0.05) is 19.3 Å². The summed E-state index contributed by atoms with van der Waals surface area (Å²) in [6.07, 6.45) is 10.5. The molecule has 1 aliphatic heterocycles. The Bertz CT molecular complexity index is 543. The van der Waals surface area contributed by atoms with Crippen molar-refractivity contribution in [3.05, 3.63) is 36.2 Å². The molecule has 1 saturated carbocycles. The molecule has 2 heterocycles. The molecule has 1 atom stereocenters. The van der Waals surface area contributed by atoms with Crippen LogP contribution in [0.4, 0.5) is 0 Å². The number of fused-ring (bicyclic) bond motifs is 1. The van der Waals surface area contributed by atoms with Crippen molar-refractivity contribution in [2.75, 3.05) is 6.54 Å². The molecule has 6 heteroatoms. The predicted octanol–water partition coefficient (Wildman–Crippen LogP) is 2.42. The SMILES string of the molecule is O=C(O)/C=C/C(=O)O.c1cc2n(c1)CCNC2C1CCCCC1. The number of hydrogen-bond donors (Lipinski definition) is 3. The van der Waals surface area contributed by atoms with Crippen LogP contribution in [0.25, 0.3) is 0 Å². The van der Waals surface area contributed by atoms with Gasteiger partial charge in [0.05, 0.1) is 6.04 Å². The average Bonchev–Trinajstić information content (AvgIpc) is 3.03. The number of nitrogens with zero attached hydrogens (tertiary/aromatic N) is 1. The summed E-state index contributed by atoms with van der Waals surface area (Å²) in [5.41, 5.74) is 1.52. The van der Waals surface area contributed by atoms with Gasteiger partial charge in [0.2, 0.25) is 0 Å². The molecular weight excluding hydrogens is 296 g/mol. The van der Waals surface area contributed by atoms with Crippen LogP contribution in [0.1, 0.15) is 43.8 Å². The molecule has 0 bridgehead atoms. The van der Waals surface area contributed by atoms with Gasteiger partial charge in [-0.3, -0.25) is 0 Å². The molecule has 23 heavy (non-hydrogen) atoms. The zero-order valence-electron chi connectivity index (χ0n) is 13.1. The van der Waals surface area contributed by atoms with E-state index < -0.39 is 11.9 Å². The highest BCUT2D eigenvalue weighted by molar-refractivity contribution is 5.89. The van der Waals surface area contributed by atoms with Crippen LogP contribution in [-0.2, 0) is 16.1 Å². The van der Waals surface area contributed by atoms with Gasteiger partial charge in [-0.2, -0.15) is 0 Å². The smallest absolute Gasteiger partial charge is 0.328 e. The molecule has 0 amide bonds. The van der Waals surface area contributed by atoms with Crippen molar-refractivity contribution in [2.24, 2.45) is 5.92 Å². The Labute approximate surface area is 135 Å². The van der Waals surface area contributed by atoms with E-state index in [9.17, 15) is 9.59 Å². The van der Waals surface area contributed by atoms with Gasteiger partial charge in [0, 0.05) is 37.1 Å². The molecule has 0 radical (unpaired) electrons. The summed E-state index contributed by atoms with van der Waals surface area (Å²) in [6.45, 7) is 2.29. The molecular formula is C17H24N2O4. The molecule has 3 N–H and O–H groups in total. The number of aromatic nitrogens is 1. The molecule has 3 rings (SSSR count). The molecule has 1 unspecified atom stereocenters. The first-order valence-corrected chi connectivity index (χ1v) is 8.10. The van der Waals surface area contributed by atoms with Gasteiger partial charge in [-0.05, 0) is 30.9 Å². The maximum absolute atomic E-state index is 9.55. The highest BCUT2D eigenvalue weighted by Crippen LogP contribution is 2.35. The third-order valence-corrected chi connectivity index (χ3v) is 4.39. The molecule has 6 nitrogen and oxygen atoms in total. The second kappa shape index (κ2) is 8.53. The van der Waals surface area contributed by atoms with Crippen LogP contribution in [0.2, 0.25) is 0 Å². The number of nitrogens with one attached hydrogen (secondary N) is 1. The Kier molecular flexibility index (Phi) is 6.40. The van der Waals surface area contributed by atoms with E-state index in [1.807, 2.05) is 0 Å². The summed E-state index contributed by atoms with van der Waals surface area (Å²) in [6, 6.07) is 5.12. The second-order valence-electron chi connectivity index (χ2n) is 5.97. The highest BCUT2D eigenvalue weighted by Gasteiger charge is 2.28. The van der Waals surface area contributed by atoms with Crippen molar-refractivity contribution in [3.8, 4) is 0 Å². The number of carboxylic acid groups (broad SMARTS) is 2. The third-order valence-electron chi connectivity index (χ3n) is 4.39. The molecule has 1 aromatic rings. The van der Waals surface area contributed by atoms with Gasteiger partial charge < -0.3 is 20.1 Å². The van der Waals surface area contributed by atoms with Crippen molar-refractivity contribution in [2.45, 2.75) is 44.7 Å². The van der Waals surface area contributed by atoms with Crippen LogP contribution in [0.3, 0.4) is 0 Å². The van der Waals surface area contributed by atoms with Crippen LogP contribution in [0, 0.1) is 5.92 Å². The van der Waals surface area contributed by atoms with E-state index in [-0.39, 0.29) is 0 Å². The summed E-state index contributed by atoms with van der Waals surface area (Å²) < 4.78 is 2.43.